The van der Waals surface area contributed by atoms with Crippen molar-refractivity contribution in [3.63, 3.8) is 0 Å². The Hall–Kier alpha value is -1.69. The van der Waals surface area contributed by atoms with Crippen LogP contribution in [0.2, 0.25) is 0 Å². The van der Waals surface area contributed by atoms with Crippen LogP contribution in [0.1, 0.15) is 25.7 Å². The molecule has 2 aliphatic rings. The average molecular weight is 356 g/mol. The third kappa shape index (κ3) is 4.34. The van der Waals surface area contributed by atoms with Gasteiger partial charge in [0.25, 0.3) is 0 Å². The number of piperidine rings is 1. The lowest BCUT2D eigenvalue weighted by atomic mass is 10.1. The molecular formula is C21H28N2O3. The quantitative estimate of drug-likeness (QED) is 0.742. The maximum Gasteiger partial charge on any atom is 0.0704 e. The fraction of sp³-hybridized carbons (Fsp3) is 0.571. The Labute approximate surface area is 155 Å². The number of pyridine rings is 1. The smallest absolute Gasteiger partial charge is 0.0704 e. The van der Waals surface area contributed by atoms with E-state index < -0.39 is 0 Å². The van der Waals surface area contributed by atoms with Gasteiger partial charge in [0, 0.05) is 43.3 Å². The first-order chi connectivity index (χ1) is 12.9. The van der Waals surface area contributed by atoms with E-state index >= 15 is 0 Å². The lowest BCUT2D eigenvalue weighted by Gasteiger charge is -2.34. The predicted octanol–water partition coefficient (Wildman–Crippen LogP) is 3.42. The van der Waals surface area contributed by atoms with E-state index in [9.17, 15) is 0 Å². The monoisotopic (exact) mass is 356 g/mol. The highest BCUT2D eigenvalue weighted by Crippen LogP contribution is 2.28. The molecular weight excluding hydrogens is 328 g/mol. The molecule has 26 heavy (non-hydrogen) atoms. The van der Waals surface area contributed by atoms with Gasteiger partial charge in [-0.05, 0) is 25.7 Å². The zero-order chi connectivity index (χ0) is 17.6. The number of hydrogen-bond donors (Lipinski definition) is 0. The van der Waals surface area contributed by atoms with E-state index in [2.05, 4.69) is 34.1 Å². The van der Waals surface area contributed by atoms with Crippen molar-refractivity contribution in [1.82, 2.24) is 4.98 Å². The third-order valence-electron chi connectivity index (χ3n) is 5.39. The van der Waals surface area contributed by atoms with E-state index in [1.54, 1.807) is 0 Å². The SMILES string of the molecule is c1ccc2c(N3CCC(OCCOC4CCOCC4)CC3)cncc2c1. The number of anilines is 1. The van der Waals surface area contributed by atoms with Crippen molar-refractivity contribution in [2.45, 2.75) is 37.9 Å². The van der Waals surface area contributed by atoms with Crippen LogP contribution in [-0.2, 0) is 14.2 Å². The molecule has 0 spiro atoms. The molecule has 4 rings (SSSR count). The number of nitrogens with zero attached hydrogens (tertiary/aromatic N) is 2. The van der Waals surface area contributed by atoms with E-state index in [-0.39, 0.29) is 0 Å². The van der Waals surface area contributed by atoms with E-state index in [0.29, 0.717) is 25.4 Å². The molecule has 3 heterocycles. The fourth-order valence-corrected chi connectivity index (χ4v) is 3.89. The van der Waals surface area contributed by atoms with Gasteiger partial charge < -0.3 is 19.1 Å². The van der Waals surface area contributed by atoms with E-state index in [1.165, 1.54) is 16.5 Å². The van der Waals surface area contributed by atoms with E-state index in [0.717, 1.165) is 52.0 Å². The van der Waals surface area contributed by atoms with Crippen LogP contribution in [-0.4, -0.2) is 56.7 Å². The highest BCUT2D eigenvalue weighted by atomic mass is 16.5. The summed E-state index contributed by atoms with van der Waals surface area (Å²) in [5, 5.41) is 2.49. The van der Waals surface area contributed by atoms with E-state index in [4.69, 9.17) is 14.2 Å². The largest absolute Gasteiger partial charge is 0.381 e. The lowest BCUT2D eigenvalue weighted by molar-refractivity contribution is -0.0625. The molecule has 0 unspecified atom stereocenters. The minimum atomic E-state index is 0.340. The van der Waals surface area contributed by atoms with Crippen LogP contribution in [0.4, 0.5) is 5.69 Å². The highest BCUT2D eigenvalue weighted by Gasteiger charge is 2.21. The van der Waals surface area contributed by atoms with Gasteiger partial charge in [0.2, 0.25) is 0 Å². The molecule has 1 aromatic carbocycles. The van der Waals surface area contributed by atoms with Crippen molar-refractivity contribution < 1.29 is 14.2 Å². The van der Waals surface area contributed by atoms with E-state index in [1.807, 2.05) is 12.4 Å². The van der Waals surface area contributed by atoms with Crippen molar-refractivity contribution in [2.75, 3.05) is 44.4 Å². The zero-order valence-corrected chi connectivity index (χ0v) is 15.3. The van der Waals surface area contributed by atoms with Gasteiger partial charge in [-0.25, -0.2) is 0 Å². The minimum absolute atomic E-state index is 0.340. The summed E-state index contributed by atoms with van der Waals surface area (Å²) in [6, 6.07) is 8.47. The molecule has 0 atom stereocenters. The average Bonchev–Trinajstić information content (AvgIpc) is 2.72. The highest BCUT2D eigenvalue weighted by molar-refractivity contribution is 5.93. The Morgan fingerprint density at radius 2 is 1.62 bits per heavy atom. The van der Waals surface area contributed by atoms with Gasteiger partial charge in [0.15, 0.2) is 0 Å². The van der Waals surface area contributed by atoms with Crippen LogP contribution in [0.25, 0.3) is 10.8 Å². The number of hydrogen-bond acceptors (Lipinski definition) is 5. The Balaban J connectivity index is 1.22. The summed E-state index contributed by atoms with van der Waals surface area (Å²) >= 11 is 0. The molecule has 0 bridgehead atoms. The maximum absolute atomic E-state index is 6.05. The normalized spacial score (nSPS) is 19.9. The summed E-state index contributed by atoms with van der Waals surface area (Å²) in [6.45, 7) is 5.07. The van der Waals surface area contributed by atoms with Crippen molar-refractivity contribution in [2.24, 2.45) is 0 Å². The number of aromatic nitrogens is 1. The number of rotatable bonds is 6. The van der Waals surface area contributed by atoms with Gasteiger partial charge >= 0.3 is 0 Å². The summed E-state index contributed by atoms with van der Waals surface area (Å²) < 4.78 is 17.3. The van der Waals surface area contributed by atoms with Gasteiger partial charge in [-0.1, -0.05) is 24.3 Å². The Morgan fingerprint density at radius 1 is 0.923 bits per heavy atom. The molecule has 0 amide bonds. The topological polar surface area (TPSA) is 43.8 Å². The second-order valence-corrected chi connectivity index (χ2v) is 7.12. The number of fused-ring (bicyclic) bond motifs is 1. The van der Waals surface area contributed by atoms with Gasteiger partial charge in [-0.3, -0.25) is 4.98 Å². The molecule has 140 valence electrons. The molecule has 0 aliphatic carbocycles. The van der Waals surface area contributed by atoms with Crippen molar-refractivity contribution >= 4 is 16.5 Å². The first-order valence-electron chi connectivity index (χ1n) is 9.79. The number of ether oxygens (including phenoxy) is 3. The van der Waals surface area contributed by atoms with Crippen molar-refractivity contribution in [3.05, 3.63) is 36.7 Å². The second kappa shape index (κ2) is 8.80. The molecule has 2 fully saturated rings. The standard InChI is InChI=1S/C21H28N2O3/c1-2-4-20-17(3-1)15-22-16-21(20)23-9-5-18(6-10-23)25-13-14-26-19-7-11-24-12-8-19/h1-4,15-16,18-19H,5-14H2. The molecule has 5 heteroatoms. The van der Waals surface area contributed by atoms with Crippen LogP contribution in [0.15, 0.2) is 36.7 Å². The molecule has 0 saturated carbocycles. The predicted molar refractivity (Wildman–Crippen MR) is 103 cm³/mol. The third-order valence-corrected chi connectivity index (χ3v) is 5.39. The van der Waals surface area contributed by atoms with Gasteiger partial charge in [-0.2, -0.15) is 0 Å². The fourth-order valence-electron chi connectivity index (χ4n) is 3.89. The molecule has 2 aliphatic heterocycles. The Bertz CT molecular complexity index is 689. The van der Waals surface area contributed by atoms with Gasteiger partial charge in [0.05, 0.1) is 37.3 Å². The first-order valence-corrected chi connectivity index (χ1v) is 9.79. The zero-order valence-electron chi connectivity index (χ0n) is 15.3. The molecule has 2 saturated heterocycles. The molecule has 2 aromatic rings. The van der Waals surface area contributed by atoms with Crippen LogP contribution >= 0.6 is 0 Å². The lowest BCUT2D eigenvalue weighted by Crippen LogP contribution is -2.37. The Morgan fingerprint density at radius 3 is 2.38 bits per heavy atom. The summed E-state index contributed by atoms with van der Waals surface area (Å²) in [7, 11) is 0. The number of benzene rings is 1. The van der Waals surface area contributed by atoms with Crippen LogP contribution in [0.5, 0.6) is 0 Å². The summed E-state index contributed by atoms with van der Waals surface area (Å²) in [5.74, 6) is 0. The van der Waals surface area contributed by atoms with Crippen LogP contribution < -0.4 is 4.90 Å². The summed E-state index contributed by atoms with van der Waals surface area (Å²) in [4.78, 5) is 6.85. The molecule has 0 N–H and O–H groups in total. The summed E-state index contributed by atoms with van der Waals surface area (Å²) in [6.07, 6.45) is 8.76. The van der Waals surface area contributed by atoms with Crippen LogP contribution in [0.3, 0.4) is 0 Å². The Kier molecular flexibility index (Phi) is 5.99. The van der Waals surface area contributed by atoms with Gasteiger partial charge in [0.1, 0.15) is 0 Å². The van der Waals surface area contributed by atoms with Crippen LogP contribution in [0, 0.1) is 0 Å². The molecule has 0 radical (unpaired) electrons. The van der Waals surface area contributed by atoms with Crippen molar-refractivity contribution in [1.29, 1.82) is 0 Å². The second-order valence-electron chi connectivity index (χ2n) is 7.12. The van der Waals surface area contributed by atoms with Gasteiger partial charge in [-0.15, -0.1) is 0 Å². The maximum atomic E-state index is 6.05. The summed E-state index contributed by atoms with van der Waals surface area (Å²) in [5.41, 5.74) is 1.24. The molecule has 1 aromatic heterocycles. The molecule has 5 nitrogen and oxygen atoms in total. The minimum Gasteiger partial charge on any atom is -0.381 e. The first kappa shape index (κ1) is 17.7. The van der Waals surface area contributed by atoms with Crippen molar-refractivity contribution in [3.8, 4) is 0 Å².